The lowest BCUT2D eigenvalue weighted by molar-refractivity contribution is -0.284. The lowest BCUT2D eigenvalue weighted by Gasteiger charge is -2.27. The van der Waals surface area contributed by atoms with Crippen LogP contribution in [0.5, 0.6) is 0 Å². The van der Waals surface area contributed by atoms with Crippen LogP contribution in [-0.2, 0) is 0 Å². The van der Waals surface area contributed by atoms with Crippen molar-refractivity contribution in [1.82, 2.24) is 0 Å². The Labute approximate surface area is 112 Å². The summed E-state index contributed by atoms with van der Waals surface area (Å²) < 4.78 is 75.0. The SMILES string of the molecule is FC(F)(F)C(C(Cl)c1ccc(Br)cc1)C(F)(F)F. The number of halogens is 8. The number of alkyl halides is 7. The van der Waals surface area contributed by atoms with Crippen molar-refractivity contribution in [2.45, 2.75) is 17.7 Å². The zero-order chi connectivity index (χ0) is 14.1. The fourth-order valence-corrected chi connectivity index (χ4v) is 2.05. The molecule has 0 aliphatic heterocycles. The van der Waals surface area contributed by atoms with E-state index in [-0.39, 0.29) is 5.56 Å². The molecule has 1 aromatic carbocycles. The van der Waals surface area contributed by atoms with Gasteiger partial charge in [-0.25, -0.2) is 0 Å². The first-order valence-corrected chi connectivity index (χ1v) is 5.79. The Morgan fingerprint density at radius 3 is 1.61 bits per heavy atom. The van der Waals surface area contributed by atoms with Crippen LogP contribution in [0.1, 0.15) is 10.9 Å². The summed E-state index contributed by atoms with van der Waals surface area (Å²) >= 11 is 8.36. The lowest BCUT2D eigenvalue weighted by Crippen LogP contribution is -2.39. The van der Waals surface area contributed by atoms with Crippen LogP contribution in [0.4, 0.5) is 26.3 Å². The molecule has 1 atom stereocenters. The van der Waals surface area contributed by atoms with Gasteiger partial charge in [-0.3, -0.25) is 0 Å². The number of hydrogen-bond acceptors (Lipinski definition) is 0. The molecule has 0 spiro atoms. The predicted octanol–water partition coefficient (Wildman–Crippen LogP) is 5.47. The van der Waals surface area contributed by atoms with Crippen LogP contribution < -0.4 is 0 Å². The first-order chi connectivity index (χ1) is 8.03. The molecule has 0 fully saturated rings. The summed E-state index contributed by atoms with van der Waals surface area (Å²) in [6.07, 6.45) is -10.9. The van der Waals surface area contributed by atoms with Gasteiger partial charge in [0, 0.05) is 4.47 Å². The molecule has 0 bridgehead atoms. The molecule has 1 rings (SSSR count). The van der Waals surface area contributed by atoms with E-state index in [0.717, 1.165) is 12.1 Å². The Kier molecular flexibility index (Phi) is 4.59. The zero-order valence-corrected chi connectivity index (χ0v) is 10.8. The predicted molar refractivity (Wildman–Crippen MR) is 58.3 cm³/mol. The van der Waals surface area contributed by atoms with E-state index in [1.165, 1.54) is 12.1 Å². The molecule has 0 nitrogen and oxygen atoms in total. The summed E-state index contributed by atoms with van der Waals surface area (Å²) in [6, 6.07) is 4.89. The second-order valence-electron chi connectivity index (χ2n) is 3.51. The molecule has 0 heterocycles. The summed E-state index contributed by atoms with van der Waals surface area (Å²) in [5.74, 6) is -3.59. The van der Waals surface area contributed by atoms with Gasteiger partial charge in [-0.1, -0.05) is 28.1 Å². The number of benzene rings is 1. The van der Waals surface area contributed by atoms with Crippen molar-refractivity contribution in [1.29, 1.82) is 0 Å². The highest BCUT2D eigenvalue weighted by atomic mass is 79.9. The van der Waals surface area contributed by atoms with E-state index >= 15 is 0 Å². The highest BCUT2D eigenvalue weighted by Crippen LogP contribution is 2.49. The summed E-state index contributed by atoms with van der Waals surface area (Å²) in [7, 11) is 0. The average molecular weight is 356 g/mol. The Morgan fingerprint density at radius 2 is 1.28 bits per heavy atom. The Morgan fingerprint density at radius 1 is 0.889 bits per heavy atom. The molecule has 0 radical (unpaired) electrons. The summed E-state index contributed by atoms with van der Waals surface area (Å²) in [6.45, 7) is 0. The topological polar surface area (TPSA) is 0 Å². The summed E-state index contributed by atoms with van der Waals surface area (Å²) in [4.78, 5) is 0. The minimum atomic E-state index is -5.45. The van der Waals surface area contributed by atoms with Gasteiger partial charge in [-0.2, -0.15) is 26.3 Å². The molecule has 0 amide bonds. The fraction of sp³-hybridized carbons (Fsp3) is 0.400. The van der Waals surface area contributed by atoms with Crippen molar-refractivity contribution in [3.05, 3.63) is 34.3 Å². The molecular weight excluding hydrogens is 349 g/mol. The van der Waals surface area contributed by atoms with Crippen molar-refractivity contribution in [2.75, 3.05) is 0 Å². The third-order valence-corrected chi connectivity index (χ3v) is 3.22. The molecule has 0 N–H and O–H groups in total. The van der Waals surface area contributed by atoms with Gasteiger partial charge < -0.3 is 0 Å². The van der Waals surface area contributed by atoms with Crippen molar-refractivity contribution < 1.29 is 26.3 Å². The van der Waals surface area contributed by atoms with Crippen LogP contribution in [0.3, 0.4) is 0 Å². The molecular formula is C10H6BrClF6. The summed E-state index contributed by atoms with van der Waals surface area (Å²) in [5, 5.41) is -2.21. The van der Waals surface area contributed by atoms with E-state index in [2.05, 4.69) is 15.9 Å². The quantitative estimate of drug-likeness (QED) is 0.487. The maximum atomic E-state index is 12.4. The second kappa shape index (κ2) is 5.28. The van der Waals surface area contributed by atoms with Crippen molar-refractivity contribution in [2.24, 2.45) is 5.92 Å². The van der Waals surface area contributed by atoms with E-state index < -0.39 is 23.6 Å². The zero-order valence-electron chi connectivity index (χ0n) is 8.49. The van der Waals surface area contributed by atoms with Gasteiger partial charge in [0.05, 0.1) is 5.38 Å². The minimum Gasteiger partial charge on any atom is -0.170 e. The van der Waals surface area contributed by atoms with Crippen LogP contribution in [0.25, 0.3) is 0 Å². The van der Waals surface area contributed by atoms with Crippen LogP contribution in [0.15, 0.2) is 28.7 Å². The largest absolute Gasteiger partial charge is 0.402 e. The smallest absolute Gasteiger partial charge is 0.170 e. The van der Waals surface area contributed by atoms with E-state index in [4.69, 9.17) is 11.6 Å². The maximum absolute atomic E-state index is 12.4. The maximum Gasteiger partial charge on any atom is 0.402 e. The van der Waals surface area contributed by atoms with E-state index in [9.17, 15) is 26.3 Å². The third-order valence-electron chi connectivity index (χ3n) is 2.19. The van der Waals surface area contributed by atoms with E-state index in [1.807, 2.05) is 0 Å². The van der Waals surface area contributed by atoms with Crippen LogP contribution in [-0.4, -0.2) is 12.4 Å². The number of hydrogen-bond donors (Lipinski definition) is 0. The third kappa shape index (κ3) is 3.78. The van der Waals surface area contributed by atoms with Crippen molar-refractivity contribution in [3.8, 4) is 0 Å². The Balaban J connectivity index is 3.11. The van der Waals surface area contributed by atoms with Gasteiger partial charge in [0.1, 0.15) is 0 Å². The lowest BCUT2D eigenvalue weighted by atomic mass is 9.97. The van der Waals surface area contributed by atoms with Crippen molar-refractivity contribution >= 4 is 27.5 Å². The van der Waals surface area contributed by atoms with Crippen LogP contribution in [0, 0.1) is 5.92 Å². The fourth-order valence-electron chi connectivity index (χ4n) is 1.36. The second-order valence-corrected chi connectivity index (χ2v) is 4.90. The van der Waals surface area contributed by atoms with Crippen LogP contribution >= 0.6 is 27.5 Å². The Hall–Kier alpha value is -0.430. The van der Waals surface area contributed by atoms with Crippen LogP contribution in [0.2, 0.25) is 0 Å². The molecule has 102 valence electrons. The molecule has 0 aromatic heterocycles. The first kappa shape index (κ1) is 15.6. The summed E-state index contributed by atoms with van der Waals surface area (Å²) in [5.41, 5.74) is -0.237. The highest BCUT2D eigenvalue weighted by molar-refractivity contribution is 9.10. The van der Waals surface area contributed by atoms with Gasteiger partial charge in [-0.15, -0.1) is 11.6 Å². The molecule has 8 heteroatoms. The standard InChI is InChI=1S/C10H6BrClF6/c11-6-3-1-5(2-4-6)7(12)8(9(13,14)15)10(16,17)18/h1-4,7-8H. The van der Waals surface area contributed by atoms with E-state index in [1.54, 1.807) is 0 Å². The van der Waals surface area contributed by atoms with Gasteiger partial charge in [0.2, 0.25) is 0 Å². The van der Waals surface area contributed by atoms with Gasteiger partial charge in [0.15, 0.2) is 5.92 Å². The van der Waals surface area contributed by atoms with Gasteiger partial charge in [0.25, 0.3) is 0 Å². The first-order valence-electron chi connectivity index (χ1n) is 4.56. The molecule has 1 aromatic rings. The highest BCUT2D eigenvalue weighted by Gasteiger charge is 2.60. The van der Waals surface area contributed by atoms with Gasteiger partial charge in [-0.05, 0) is 17.7 Å². The monoisotopic (exact) mass is 354 g/mol. The van der Waals surface area contributed by atoms with Gasteiger partial charge >= 0.3 is 12.4 Å². The molecule has 0 aliphatic carbocycles. The average Bonchev–Trinajstić information content (AvgIpc) is 2.13. The normalized spacial score (nSPS) is 14.9. The minimum absolute atomic E-state index is 0.237. The molecule has 1 unspecified atom stereocenters. The molecule has 0 aliphatic rings. The Bertz CT molecular complexity index is 382. The van der Waals surface area contributed by atoms with E-state index in [0.29, 0.717) is 4.47 Å². The van der Waals surface area contributed by atoms with Crippen molar-refractivity contribution in [3.63, 3.8) is 0 Å². The molecule has 0 saturated carbocycles. The number of rotatable bonds is 2. The molecule has 18 heavy (non-hydrogen) atoms. The molecule has 0 saturated heterocycles.